The molecule has 3 aromatic carbocycles. The largest absolute Gasteiger partial charge is 0.493 e. The summed E-state index contributed by atoms with van der Waals surface area (Å²) in [6, 6.07) is 25.1. The van der Waals surface area contributed by atoms with Crippen LogP contribution in [0.1, 0.15) is 49.9 Å². The minimum absolute atomic E-state index is 0.270. The minimum Gasteiger partial charge on any atom is -0.493 e. The number of benzene rings is 3. The summed E-state index contributed by atoms with van der Waals surface area (Å²) in [5.74, 6) is 1.62. The lowest BCUT2D eigenvalue weighted by molar-refractivity contribution is 0.0747. The fourth-order valence-corrected chi connectivity index (χ4v) is 9.59. The van der Waals surface area contributed by atoms with Crippen molar-refractivity contribution in [3.8, 4) is 34.1 Å². The molecular formula is C42H48Cl2N6O5SSi. The molecule has 3 heterocycles. The first-order valence-corrected chi connectivity index (χ1v) is 25.2. The molecule has 0 spiro atoms. The molecule has 0 unspecified atom stereocenters. The molecule has 1 aliphatic carbocycles. The summed E-state index contributed by atoms with van der Waals surface area (Å²) < 4.78 is 42.4. The maximum Gasteiger partial charge on any atom is 0.334 e. The van der Waals surface area contributed by atoms with Crippen LogP contribution in [0.5, 0.6) is 5.88 Å². The summed E-state index contributed by atoms with van der Waals surface area (Å²) in [6.07, 6.45) is 11.2. The van der Waals surface area contributed by atoms with Crippen molar-refractivity contribution in [2.24, 2.45) is 5.92 Å². The smallest absolute Gasteiger partial charge is 0.334 e. The van der Waals surface area contributed by atoms with E-state index >= 15 is 0 Å². The summed E-state index contributed by atoms with van der Waals surface area (Å²) in [5, 5.41) is 20.3. The zero-order chi connectivity index (χ0) is 40.2. The van der Waals surface area contributed by atoms with Crippen molar-refractivity contribution in [2.45, 2.75) is 70.6 Å². The van der Waals surface area contributed by atoms with Gasteiger partial charge in [0.15, 0.2) is 0 Å². The number of ether oxygens (including phenoxy) is 2. The summed E-state index contributed by atoms with van der Waals surface area (Å²) in [5.41, 5.74) is 5.19. The van der Waals surface area contributed by atoms with Crippen molar-refractivity contribution in [3.63, 3.8) is 0 Å². The van der Waals surface area contributed by atoms with Gasteiger partial charge >= 0.3 is 10.2 Å². The van der Waals surface area contributed by atoms with E-state index in [-0.39, 0.29) is 6.73 Å². The van der Waals surface area contributed by atoms with Crippen LogP contribution in [0.2, 0.25) is 35.7 Å². The zero-order valence-corrected chi connectivity index (χ0v) is 35.8. The standard InChI is InChI=1S/C42H48Cl2N6O5SSi/c1-57(2,3)24-23-54-29-50-42(51)28-49(56(50,52)53)35-16-14-34(15-17-35)48-27-39(36-18-13-33(43)26-37(36)44)45-40(48)25-31-9-11-32(12-10-31)38-19-20-41(47-46-38)55-22-21-30-7-5-4-6-8-30/h9-20,26-28,30,51H,4-8,21-25,29H2,1-3H3. The molecule has 2 aromatic heterocycles. The molecule has 2 aliphatic rings. The monoisotopic (exact) mass is 846 g/mol. The van der Waals surface area contributed by atoms with Crippen LogP contribution in [-0.4, -0.2) is 65.6 Å². The molecule has 1 N–H and O–H groups in total. The van der Waals surface area contributed by atoms with Gasteiger partial charge in [0, 0.05) is 55.2 Å². The van der Waals surface area contributed by atoms with Gasteiger partial charge in [-0.05, 0) is 72.5 Å². The Bertz CT molecular complexity index is 2290. The van der Waals surface area contributed by atoms with Crippen LogP contribution in [0.3, 0.4) is 0 Å². The number of halogens is 2. The van der Waals surface area contributed by atoms with Gasteiger partial charge in [-0.1, -0.05) is 99.2 Å². The normalized spacial score (nSPS) is 15.9. The van der Waals surface area contributed by atoms with Crippen LogP contribution in [0, 0.1) is 5.92 Å². The van der Waals surface area contributed by atoms with Gasteiger partial charge < -0.3 is 19.1 Å². The van der Waals surface area contributed by atoms with Gasteiger partial charge in [0.1, 0.15) is 12.6 Å². The molecule has 57 heavy (non-hydrogen) atoms. The Morgan fingerprint density at radius 2 is 1.60 bits per heavy atom. The molecule has 1 fully saturated rings. The maximum absolute atomic E-state index is 13.5. The van der Waals surface area contributed by atoms with Crippen LogP contribution in [0.4, 0.5) is 5.69 Å². The van der Waals surface area contributed by atoms with Gasteiger partial charge in [-0.25, -0.2) is 9.29 Å². The van der Waals surface area contributed by atoms with E-state index in [1.807, 2.05) is 65.4 Å². The average molecular weight is 848 g/mol. The summed E-state index contributed by atoms with van der Waals surface area (Å²) in [7, 11) is -5.46. The molecule has 1 saturated carbocycles. The van der Waals surface area contributed by atoms with Crippen LogP contribution >= 0.6 is 23.2 Å². The second-order valence-corrected chi connectivity index (χ2v) is 24.0. The Morgan fingerprint density at radius 1 is 0.860 bits per heavy atom. The maximum atomic E-state index is 13.5. The van der Waals surface area contributed by atoms with Crippen molar-refractivity contribution >= 4 is 47.2 Å². The number of hydrogen-bond acceptors (Lipinski definition) is 8. The van der Waals surface area contributed by atoms with E-state index in [0.717, 1.165) is 60.9 Å². The third-order valence-electron chi connectivity index (χ3n) is 10.3. The number of rotatable bonds is 15. The predicted molar refractivity (Wildman–Crippen MR) is 229 cm³/mol. The predicted octanol–water partition coefficient (Wildman–Crippen LogP) is 10.3. The quantitative estimate of drug-likeness (QED) is 0.0816. The number of aliphatic hydroxyl groups is 1. The Kier molecular flexibility index (Phi) is 12.6. The van der Waals surface area contributed by atoms with Gasteiger partial charge in [-0.2, -0.15) is 12.7 Å². The molecule has 0 saturated heterocycles. The minimum atomic E-state index is -4.10. The SMILES string of the molecule is C[Si](C)(C)CCOCN1C(O)=CN(c2ccc(-n3cc(-c4ccc(Cl)cc4Cl)nc3Cc3ccc(-c4ccc(OCCC5CCCCC5)nn4)cc3)cc2)S1(=O)=O. The van der Waals surface area contributed by atoms with Crippen LogP contribution in [-0.2, 0) is 21.4 Å². The Hall–Kier alpha value is -4.40. The van der Waals surface area contributed by atoms with Crippen molar-refractivity contribution in [2.75, 3.05) is 24.2 Å². The Morgan fingerprint density at radius 3 is 2.28 bits per heavy atom. The first-order valence-electron chi connectivity index (χ1n) is 19.3. The van der Waals surface area contributed by atoms with Crippen molar-refractivity contribution < 1.29 is 23.0 Å². The van der Waals surface area contributed by atoms with E-state index in [1.165, 1.54) is 38.3 Å². The Labute approximate surface area is 346 Å². The van der Waals surface area contributed by atoms with Gasteiger partial charge in [0.25, 0.3) is 0 Å². The lowest BCUT2D eigenvalue weighted by atomic mass is 9.87. The fourth-order valence-electron chi connectivity index (χ4n) is 7.01. The molecule has 5 aromatic rings. The molecule has 15 heteroatoms. The van der Waals surface area contributed by atoms with E-state index in [4.69, 9.17) is 37.7 Å². The molecule has 11 nitrogen and oxygen atoms in total. The van der Waals surface area contributed by atoms with E-state index in [0.29, 0.717) is 46.9 Å². The van der Waals surface area contributed by atoms with Crippen LogP contribution in [0.15, 0.2) is 97.1 Å². The first kappa shape index (κ1) is 40.8. The second kappa shape index (κ2) is 17.6. The van der Waals surface area contributed by atoms with Crippen molar-refractivity contribution in [1.29, 1.82) is 0 Å². The van der Waals surface area contributed by atoms with Crippen LogP contribution in [0.25, 0.3) is 28.2 Å². The third kappa shape index (κ3) is 10.0. The number of nitrogens with zero attached hydrogens (tertiary/aromatic N) is 6. The number of hydrogen-bond donors (Lipinski definition) is 1. The first-order chi connectivity index (χ1) is 27.3. The lowest BCUT2D eigenvalue weighted by Crippen LogP contribution is -2.36. The molecule has 0 radical (unpaired) electrons. The fraction of sp³-hybridized carbons (Fsp3) is 0.357. The highest BCUT2D eigenvalue weighted by molar-refractivity contribution is 7.91. The van der Waals surface area contributed by atoms with Crippen molar-refractivity contribution in [3.05, 3.63) is 119 Å². The molecule has 300 valence electrons. The summed E-state index contributed by atoms with van der Waals surface area (Å²) in [6.45, 7) is 7.46. The second-order valence-electron chi connectivity index (χ2n) is 15.8. The molecule has 0 atom stereocenters. The van der Waals surface area contributed by atoms with Gasteiger partial charge in [-0.15, -0.1) is 10.2 Å². The number of anilines is 1. The van der Waals surface area contributed by atoms with E-state index in [9.17, 15) is 13.5 Å². The highest BCUT2D eigenvalue weighted by Gasteiger charge is 2.38. The average Bonchev–Trinajstić information content (AvgIpc) is 3.70. The summed E-state index contributed by atoms with van der Waals surface area (Å²) in [4.78, 5) is 5.01. The Balaban J connectivity index is 1.07. The number of imidazole rings is 1. The zero-order valence-electron chi connectivity index (χ0n) is 32.4. The highest BCUT2D eigenvalue weighted by atomic mass is 35.5. The van der Waals surface area contributed by atoms with E-state index < -0.39 is 24.2 Å². The van der Waals surface area contributed by atoms with E-state index in [1.54, 1.807) is 24.3 Å². The highest BCUT2D eigenvalue weighted by Crippen LogP contribution is 2.34. The molecule has 0 amide bonds. The number of aromatic nitrogens is 4. The molecule has 0 bridgehead atoms. The van der Waals surface area contributed by atoms with Gasteiger partial charge in [0.05, 0.1) is 34.9 Å². The molecule has 7 rings (SSSR count). The lowest BCUT2D eigenvalue weighted by Gasteiger charge is -2.22. The topological polar surface area (TPSA) is 123 Å². The van der Waals surface area contributed by atoms with Gasteiger partial charge in [0.2, 0.25) is 11.8 Å². The van der Waals surface area contributed by atoms with Gasteiger partial charge in [-0.3, -0.25) is 0 Å². The number of aliphatic hydroxyl groups excluding tert-OH is 1. The van der Waals surface area contributed by atoms with E-state index in [2.05, 4.69) is 29.8 Å². The molecular weight excluding hydrogens is 800 g/mol. The third-order valence-corrected chi connectivity index (χ3v) is 14.3. The van der Waals surface area contributed by atoms with Crippen LogP contribution < -0.4 is 9.04 Å². The molecule has 1 aliphatic heterocycles. The van der Waals surface area contributed by atoms with Crippen molar-refractivity contribution in [1.82, 2.24) is 24.1 Å². The summed E-state index contributed by atoms with van der Waals surface area (Å²) >= 11 is 12.8.